The number of allylic oxidation sites excluding steroid dienone is 1. The van der Waals surface area contributed by atoms with E-state index >= 15 is 0 Å². The monoisotopic (exact) mass is 267 g/mol. The molecule has 0 saturated carbocycles. The SMILES string of the molecule is CC.NC=CC1=c2sc3c(c2-c2ccccc21)CC=3. The van der Waals surface area contributed by atoms with Crippen LogP contribution in [0.4, 0.5) is 0 Å². The molecule has 2 aliphatic rings. The van der Waals surface area contributed by atoms with Gasteiger partial charge in [-0.3, -0.25) is 0 Å². The van der Waals surface area contributed by atoms with Gasteiger partial charge in [-0.05, 0) is 35.4 Å². The minimum atomic E-state index is 1.12. The van der Waals surface area contributed by atoms with Crippen molar-refractivity contribution in [3.63, 3.8) is 0 Å². The van der Waals surface area contributed by atoms with Gasteiger partial charge in [-0.1, -0.05) is 44.2 Å². The molecule has 0 spiro atoms. The van der Waals surface area contributed by atoms with Crippen molar-refractivity contribution in [1.29, 1.82) is 0 Å². The van der Waals surface area contributed by atoms with Gasteiger partial charge in [-0.15, -0.1) is 11.3 Å². The first-order valence-electron chi connectivity index (χ1n) is 6.74. The molecule has 0 atom stereocenters. The van der Waals surface area contributed by atoms with Gasteiger partial charge < -0.3 is 5.73 Å². The summed E-state index contributed by atoms with van der Waals surface area (Å²) in [5, 5.41) is 0. The Kier molecular flexibility index (Phi) is 3.03. The Hall–Kier alpha value is -1.80. The van der Waals surface area contributed by atoms with Gasteiger partial charge in [0.25, 0.3) is 0 Å². The molecule has 2 N–H and O–H groups in total. The summed E-state index contributed by atoms with van der Waals surface area (Å²) in [5.74, 6) is 0. The molecular formula is C17H17NS. The van der Waals surface area contributed by atoms with Crippen molar-refractivity contribution >= 4 is 23.0 Å². The van der Waals surface area contributed by atoms with Crippen LogP contribution in [0.25, 0.3) is 22.8 Å². The van der Waals surface area contributed by atoms with Crippen molar-refractivity contribution < 1.29 is 0 Å². The Balaban J connectivity index is 0.000000528. The fraction of sp³-hybridized carbons (Fsp3) is 0.176. The van der Waals surface area contributed by atoms with Crippen LogP contribution in [0.15, 0.2) is 36.5 Å². The zero-order chi connectivity index (χ0) is 13.4. The van der Waals surface area contributed by atoms with Crippen molar-refractivity contribution in [2.75, 3.05) is 0 Å². The third-order valence-corrected chi connectivity index (χ3v) is 4.79. The molecule has 19 heavy (non-hydrogen) atoms. The predicted molar refractivity (Wildman–Crippen MR) is 84.4 cm³/mol. The molecule has 0 amide bonds. The van der Waals surface area contributed by atoms with E-state index in [0.29, 0.717) is 0 Å². The first kappa shape index (κ1) is 12.2. The number of rotatable bonds is 1. The van der Waals surface area contributed by atoms with Gasteiger partial charge in [0.2, 0.25) is 0 Å². The van der Waals surface area contributed by atoms with E-state index in [0.717, 1.165) is 6.42 Å². The molecule has 0 radical (unpaired) electrons. The lowest BCUT2D eigenvalue weighted by Gasteiger charge is -2.08. The minimum absolute atomic E-state index is 1.12. The lowest BCUT2D eigenvalue weighted by molar-refractivity contribution is 1.27. The number of hydrogen-bond donors (Lipinski definition) is 1. The van der Waals surface area contributed by atoms with E-state index in [-0.39, 0.29) is 0 Å². The topological polar surface area (TPSA) is 26.0 Å². The van der Waals surface area contributed by atoms with E-state index in [9.17, 15) is 0 Å². The fourth-order valence-corrected chi connectivity index (χ4v) is 4.03. The Morgan fingerprint density at radius 2 is 1.89 bits per heavy atom. The molecule has 1 aromatic heterocycles. The quantitative estimate of drug-likeness (QED) is 0.845. The maximum atomic E-state index is 5.58. The zero-order valence-corrected chi connectivity index (χ0v) is 12.1. The number of nitrogens with two attached hydrogens (primary N) is 1. The van der Waals surface area contributed by atoms with E-state index in [1.165, 1.54) is 36.9 Å². The maximum absolute atomic E-state index is 5.58. The lowest BCUT2D eigenvalue weighted by Crippen LogP contribution is -2.11. The highest BCUT2D eigenvalue weighted by atomic mass is 32.1. The van der Waals surface area contributed by atoms with Gasteiger partial charge in [-0.2, -0.15) is 0 Å². The summed E-state index contributed by atoms with van der Waals surface area (Å²) in [6.07, 6.45) is 7.10. The highest BCUT2D eigenvalue weighted by Gasteiger charge is 2.25. The second kappa shape index (κ2) is 4.71. The molecule has 96 valence electrons. The molecule has 4 rings (SSSR count). The summed E-state index contributed by atoms with van der Waals surface area (Å²) >= 11 is 1.90. The van der Waals surface area contributed by atoms with Gasteiger partial charge in [0.05, 0.1) is 0 Å². The van der Waals surface area contributed by atoms with Crippen molar-refractivity contribution in [2.45, 2.75) is 20.3 Å². The largest absolute Gasteiger partial charge is 0.405 e. The van der Waals surface area contributed by atoms with Gasteiger partial charge >= 0.3 is 0 Å². The van der Waals surface area contributed by atoms with Gasteiger partial charge in [0.1, 0.15) is 0 Å². The Morgan fingerprint density at radius 1 is 1.16 bits per heavy atom. The molecule has 1 nitrogen and oxygen atoms in total. The molecular weight excluding hydrogens is 250 g/mol. The second-order valence-corrected chi connectivity index (χ2v) is 5.43. The third kappa shape index (κ3) is 1.60. The van der Waals surface area contributed by atoms with E-state index in [4.69, 9.17) is 5.73 Å². The molecule has 2 heteroatoms. The van der Waals surface area contributed by atoms with Gasteiger partial charge in [0.15, 0.2) is 0 Å². The predicted octanol–water partition coefficient (Wildman–Crippen LogP) is 2.76. The fourth-order valence-electron chi connectivity index (χ4n) is 2.71. The molecule has 0 unspecified atom stereocenters. The molecule has 0 fully saturated rings. The molecule has 0 saturated heterocycles. The van der Waals surface area contributed by atoms with Crippen molar-refractivity contribution in [3.8, 4) is 11.1 Å². The van der Waals surface area contributed by atoms with E-state index in [1.807, 2.05) is 31.3 Å². The Labute approximate surface area is 117 Å². The van der Waals surface area contributed by atoms with Crippen molar-refractivity contribution in [3.05, 3.63) is 56.7 Å². The third-order valence-electron chi connectivity index (χ3n) is 3.52. The van der Waals surface area contributed by atoms with E-state index in [2.05, 4.69) is 30.3 Å². The highest BCUT2D eigenvalue weighted by molar-refractivity contribution is 7.08. The maximum Gasteiger partial charge on any atom is 0.0437 e. The summed E-state index contributed by atoms with van der Waals surface area (Å²) in [6, 6.07) is 8.62. The smallest absolute Gasteiger partial charge is 0.0437 e. The van der Waals surface area contributed by atoms with Crippen molar-refractivity contribution in [2.24, 2.45) is 5.73 Å². The van der Waals surface area contributed by atoms with Crippen LogP contribution < -0.4 is 14.8 Å². The van der Waals surface area contributed by atoms with Gasteiger partial charge in [0, 0.05) is 20.2 Å². The minimum Gasteiger partial charge on any atom is -0.405 e. The van der Waals surface area contributed by atoms with Crippen LogP contribution in [0.3, 0.4) is 0 Å². The van der Waals surface area contributed by atoms with Crippen LogP contribution in [-0.4, -0.2) is 0 Å². The number of benzene rings is 1. The van der Waals surface area contributed by atoms with Crippen LogP contribution in [0.5, 0.6) is 0 Å². The zero-order valence-electron chi connectivity index (χ0n) is 11.2. The number of hydrogen-bond acceptors (Lipinski definition) is 2. The van der Waals surface area contributed by atoms with Crippen LogP contribution in [-0.2, 0) is 6.42 Å². The first-order valence-corrected chi connectivity index (χ1v) is 7.56. The summed E-state index contributed by atoms with van der Waals surface area (Å²) in [7, 11) is 0. The average molecular weight is 267 g/mol. The van der Waals surface area contributed by atoms with Crippen LogP contribution >= 0.6 is 11.3 Å². The Bertz CT molecular complexity index is 778. The molecule has 1 aromatic carbocycles. The number of fused-ring (bicyclic) bond motifs is 5. The molecule has 1 heterocycles. The van der Waals surface area contributed by atoms with Crippen LogP contribution in [0.2, 0.25) is 0 Å². The molecule has 0 bridgehead atoms. The average Bonchev–Trinajstić information content (AvgIpc) is 2.86. The van der Waals surface area contributed by atoms with Crippen molar-refractivity contribution in [1.82, 2.24) is 0 Å². The Morgan fingerprint density at radius 3 is 2.53 bits per heavy atom. The molecule has 2 aromatic rings. The standard InChI is InChI=1S/C15H11NS.C2H6/c16-8-7-11-9-3-1-2-4-10(9)14-12-5-6-13(12)17-15(11)14;1-2/h1-4,6-8H,5,16H2;1-2H3. The van der Waals surface area contributed by atoms with Crippen LogP contribution in [0, 0.1) is 0 Å². The summed E-state index contributed by atoms with van der Waals surface area (Å²) < 4.78 is 2.85. The second-order valence-electron chi connectivity index (χ2n) is 4.38. The molecule has 2 aliphatic carbocycles. The molecule has 0 aliphatic heterocycles. The highest BCUT2D eigenvalue weighted by Crippen LogP contribution is 2.36. The summed E-state index contributed by atoms with van der Waals surface area (Å²) in [5.41, 5.74) is 12.5. The lowest BCUT2D eigenvalue weighted by atomic mass is 9.96. The summed E-state index contributed by atoms with van der Waals surface area (Å²) in [6.45, 7) is 4.00. The van der Waals surface area contributed by atoms with E-state index < -0.39 is 0 Å². The summed E-state index contributed by atoms with van der Waals surface area (Å²) in [4.78, 5) is 0. The van der Waals surface area contributed by atoms with Gasteiger partial charge in [-0.25, -0.2) is 0 Å². The van der Waals surface area contributed by atoms with E-state index in [1.54, 1.807) is 6.20 Å². The normalized spacial score (nSPS) is 13.9. The number of thiophene rings is 1. The first-order chi connectivity index (χ1) is 9.40. The van der Waals surface area contributed by atoms with Crippen LogP contribution in [0.1, 0.15) is 25.0 Å².